The predicted octanol–water partition coefficient (Wildman–Crippen LogP) is 4.42. The molecule has 1 saturated carbocycles. The molecule has 1 aromatic rings. The quantitative estimate of drug-likeness (QED) is 0.744. The van der Waals surface area contributed by atoms with E-state index in [0.717, 1.165) is 44.9 Å². The summed E-state index contributed by atoms with van der Waals surface area (Å²) < 4.78 is 11.5. The number of nitrogens with zero attached hydrogens (tertiary/aromatic N) is 1. The highest BCUT2D eigenvalue weighted by atomic mass is 16.5. The van der Waals surface area contributed by atoms with Gasteiger partial charge in [0.05, 0.1) is 17.9 Å². The largest absolute Gasteiger partial charge is 0.494 e. The minimum absolute atomic E-state index is 0.144. The highest BCUT2D eigenvalue weighted by Crippen LogP contribution is 2.32. The number of hydrogen-bond acceptors (Lipinski definition) is 4. The lowest BCUT2D eigenvalue weighted by molar-refractivity contribution is -0.143. The first-order valence-electron chi connectivity index (χ1n) is 9.27. The zero-order valence-electron chi connectivity index (χ0n) is 15.3. The summed E-state index contributed by atoms with van der Waals surface area (Å²) in [6.45, 7) is 5.05. The molecule has 1 N–H and O–H groups in total. The van der Waals surface area contributed by atoms with Crippen molar-refractivity contribution in [3.63, 3.8) is 0 Å². The van der Waals surface area contributed by atoms with Crippen molar-refractivity contribution in [2.75, 3.05) is 18.5 Å². The van der Waals surface area contributed by atoms with Gasteiger partial charge in [-0.1, -0.05) is 32.6 Å². The van der Waals surface area contributed by atoms with E-state index in [9.17, 15) is 10.1 Å². The van der Waals surface area contributed by atoms with Gasteiger partial charge in [0.1, 0.15) is 17.4 Å². The van der Waals surface area contributed by atoms with Gasteiger partial charge in [-0.05, 0) is 44.4 Å². The first-order chi connectivity index (χ1) is 12.1. The summed E-state index contributed by atoms with van der Waals surface area (Å²) in [5.41, 5.74) is 0.136. The zero-order chi connectivity index (χ0) is 18.1. The summed E-state index contributed by atoms with van der Waals surface area (Å²) in [5, 5.41) is 12.3. The van der Waals surface area contributed by atoms with Gasteiger partial charge in [0.25, 0.3) is 5.91 Å². The van der Waals surface area contributed by atoms with Crippen LogP contribution in [-0.4, -0.2) is 24.7 Å². The van der Waals surface area contributed by atoms with Gasteiger partial charge in [-0.15, -0.1) is 0 Å². The Bertz CT molecular complexity index is 614. The second-order valence-electron chi connectivity index (χ2n) is 6.46. The summed E-state index contributed by atoms with van der Waals surface area (Å²) in [5.74, 6) is 0.500. The molecule has 0 aromatic heterocycles. The summed E-state index contributed by atoms with van der Waals surface area (Å²) in [7, 11) is 0. The minimum Gasteiger partial charge on any atom is -0.494 e. The Morgan fingerprint density at radius 3 is 2.56 bits per heavy atom. The molecule has 5 nitrogen and oxygen atoms in total. The van der Waals surface area contributed by atoms with Gasteiger partial charge in [0.15, 0.2) is 0 Å². The molecule has 0 aliphatic heterocycles. The van der Waals surface area contributed by atoms with Crippen LogP contribution in [0, 0.1) is 11.3 Å². The van der Waals surface area contributed by atoms with Crippen molar-refractivity contribution in [1.29, 1.82) is 5.26 Å². The third-order valence-corrected chi connectivity index (χ3v) is 4.58. The molecule has 1 aliphatic rings. The van der Waals surface area contributed by atoms with Crippen LogP contribution in [-0.2, 0) is 9.53 Å². The molecule has 5 heteroatoms. The second kappa shape index (κ2) is 9.43. The van der Waals surface area contributed by atoms with Crippen molar-refractivity contribution in [1.82, 2.24) is 0 Å². The monoisotopic (exact) mass is 344 g/mol. The smallest absolute Gasteiger partial charge is 0.256 e. The molecule has 1 amide bonds. The van der Waals surface area contributed by atoms with Crippen LogP contribution in [0.1, 0.15) is 64.4 Å². The normalized spacial score (nSPS) is 16.5. The molecule has 0 heterocycles. The highest BCUT2D eigenvalue weighted by molar-refractivity contribution is 5.98. The van der Waals surface area contributed by atoms with Crippen molar-refractivity contribution in [2.45, 2.75) is 64.4 Å². The summed E-state index contributed by atoms with van der Waals surface area (Å²) in [4.78, 5) is 13.0. The zero-order valence-corrected chi connectivity index (χ0v) is 15.3. The number of benzene rings is 1. The summed E-state index contributed by atoms with van der Waals surface area (Å²) in [6.07, 6.45) is 6.60. The molecule has 0 atom stereocenters. The van der Waals surface area contributed by atoms with Crippen LogP contribution in [0.25, 0.3) is 0 Å². The number of carbonyl (C=O) groups is 1. The minimum atomic E-state index is -0.782. The fourth-order valence-electron chi connectivity index (χ4n) is 3.28. The van der Waals surface area contributed by atoms with E-state index < -0.39 is 5.60 Å². The van der Waals surface area contributed by atoms with E-state index in [-0.39, 0.29) is 5.91 Å². The molecular formula is C20H28N2O3. The Kier molecular flexibility index (Phi) is 7.27. The van der Waals surface area contributed by atoms with Crippen molar-refractivity contribution < 1.29 is 14.3 Å². The number of ether oxygens (including phenoxy) is 2. The highest BCUT2D eigenvalue weighted by Gasteiger charge is 2.39. The van der Waals surface area contributed by atoms with Crippen molar-refractivity contribution in [3.8, 4) is 11.8 Å². The van der Waals surface area contributed by atoms with Gasteiger partial charge >= 0.3 is 0 Å². The number of nitriles is 1. The van der Waals surface area contributed by atoms with Gasteiger partial charge in [-0.2, -0.15) is 5.26 Å². The molecule has 0 saturated heterocycles. The standard InChI is InChI=1S/C20H28N2O3/c1-3-13-24-17-9-10-18(16(14-17)15-21)22-19(23)20(25-4-2)11-7-5-6-8-12-20/h9-10,14H,3-8,11-13H2,1-2H3,(H,22,23). The maximum atomic E-state index is 13.0. The van der Waals surface area contributed by atoms with Gasteiger partial charge in [0, 0.05) is 6.61 Å². The van der Waals surface area contributed by atoms with Crippen LogP contribution in [0.2, 0.25) is 0 Å². The summed E-state index contributed by atoms with van der Waals surface area (Å²) in [6, 6.07) is 7.33. The van der Waals surface area contributed by atoms with Gasteiger partial charge < -0.3 is 14.8 Å². The number of amides is 1. The second-order valence-corrected chi connectivity index (χ2v) is 6.46. The first-order valence-corrected chi connectivity index (χ1v) is 9.27. The van der Waals surface area contributed by atoms with Crippen LogP contribution in [0.3, 0.4) is 0 Å². The predicted molar refractivity (Wildman–Crippen MR) is 97.6 cm³/mol. The molecule has 1 fully saturated rings. The lowest BCUT2D eigenvalue weighted by Crippen LogP contribution is -2.45. The van der Waals surface area contributed by atoms with Crippen molar-refractivity contribution in [2.24, 2.45) is 0 Å². The summed E-state index contributed by atoms with van der Waals surface area (Å²) >= 11 is 0. The van der Waals surface area contributed by atoms with Crippen LogP contribution >= 0.6 is 0 Å². The van der Waals surface area contributed by atoms with Gasteiger partial charge in [0.2, 0.25) is 0 Å². The number of hydrogen-bond donors (Lipinski definition) is 1. The molecule has 1 aromatic carbocycles. The van der Waals surface area contributed by atoms with E-state index in [4.69, 9.17) is 9.47 Å². The molecule has 0 radical (unpaired) electrons. The fourth-order valence-corrected chi connectivity index (χ4v) is 3.28. The molecule has 25 heavy (non-hydrogen) atoms. The third kappa shape index (κ3) is 4.96. The van der Waals surface area contributed by atoms with E-state index in [1.165, 1.54) is 0 Å². The van der Waals surface area contributed by atoms with Crippen molar-refractivity contribution >= 4 is 11.6 Å². The van der Waals surface area contributed by atoms with E-state index in [2.05, 4.69) is 11.4 Å². The van der Waals surface area contributed by atoms with Gasteiger partial charge in [-0.25, -0.2) is 0 Å². The van der Waals surface area contributed by atoms with E-state index >= 15 is 0 Å². The number of rotatable bonds is 7. The number of anilines is 1. The Morgan fingerprint density at radius 2 is 1.96 bits per heavy atom. The van der Waals surface area contributed by atoms with E-state index in [0.29, 0.717) is 30.2 Å². The first kappa shape index (κ1) is 19.3. The lowest BCUT2D eigenvalue weighted by atomic mass is 9.92. The molecule has 2 rings (SSSR count). The number of nitrogens with one attached hydrogen (secondary N) is 1. The Hall–Kier alpha value is -2.06. The Balaban J connectivity index is 2.18. The van der Waals surface area contributed by atoms with E-state index in [1.54, 1.807) is 18.2 Å². The van der Waals surface area contributed by atoms with Crippen LogP contribution in [0.4, 0.5) is 5.69 Å². The van der Waals surface area contributed by atoms with Crippen LogP contribution in [0.5, 0.6) is 5.75 Å². The topological polar surface area (TPSA) is 71.3 Å². The van der Waals surface area contributed by atoms with Crippen molar-refractivity contribution in [3.05, 3.63) is 23.8 Å². The average molecular weight is 344 g/mol. The lowest BCUT2D eigenvalue weighted by Gasteiger charge is -2.31. The molecule has 136 valence electrons. The Morgan fingerprint density at radius 1 is 1.24 bits per heavy atom. The fraction of sp³-hybridized carbons (Fsp3) is 0.600. The molecular weight excluding hydrogens is 316 g/mol. The number of carbonyl (C=O) groups excluding carboxylic acids is 1. The Labute approximate surface area is 150 Å². The van der Waals surface area contributed by atoms with Gasteiger partial charge in [-0.3, -0.25) is 4.79 Å². The average Bonchev–Trinajstić information content (AvgIpc) is 2.87. The van der Waals surface area contributed by atoms with E-state index in [1.807, 2.05) is 13.8 Å². The molecule has 0 bridgehead atoms. The third-order valence-electron chi connectivity index (χ3n) is 4.58. The molecule has 0 spiro atoms. The maximum absolute atomic E-state index is 13.0. The molecule has 1 aliphatic carbocycles. The maximum Gasteiger partial charge on any atom is 0.256 e. The SMILES string of the molecule is CCCOc1ccc(NC(=O)C2(OCC)CCCCCC2)c(C#N)c1. The molecule has 0 unspecified atom stereocenters. The van der Waals surface area contributed by atoms with Crippen LogP contribution < -0.4 is 10.1 Å². The van der Waals surface area contributed by atoms with Crippen LogP contribution in [0.15, 0.2) is 18.2 Å².